The van der Waals surface area contributed by atoms with Crippen LogP contribution in [0, 0.1) is 0 Å². The molecule has 2 N–H and O–H groups in total. The number of aliphatic hydroxyl groups is 1. The molecule has 0 aliphatic carbocycles. The summed E-state index contributed by atoms with van der Waals surface area (Å²) in [7, 11) is 0. The van der Waals surface area contributed by atoms with E-state index in [1.54, 1.807) is 11.8 Å². The minimum Gasteiger partial charge on any atom is -0.396 e. The van der Waals surface area contributed by atoms with Crippen molar-refractivity contribution >= 4 is 23.9 Å². The molecule has 0 saturated heterocycles. The molecule has 3 heteroatoms. The summed E-state index contributed by atoms with van der Waals surface area (Å²) in [6, 6.07) is 0. The second kappa shape index (κ2) is 4.53. The number of aromatic amines is 1. The average Bonchev–Trinajstić information content (AvgIpc) is 2.45. The summed E-state index contributed by atoms with van der Waals surface area (Å²) in [5, 5.41) is 12.9. The van der Waals surface area contributed by atoms with Crippen LogP contribution < -0.4 is 0 Å². The fourth-order valence-electron chi connectivity index (χ4n) is 1.56. The number of nitrogens with one attached hydrogen (secondary N) is 1. The van der Waals surface area contributed by atoms with Gasteiger partial charge in [-0.05, 0) is 41.4 Å². The molecule has 1 aromatic heterocycles. The molecule has 1 aliphatic rings. The average molecular weight is 207 g/mol. The SMILES string of the molecule is OCCCc1[nH]cc2c1C=CSC=C2. The summed E-state index contributed by atoms with van der Waals surface area (Å²) in [6.45, 7) is 0.252. The molecule has 0 aromatic carbocycles. The molecule has 0 unspecified atom stereocenters. The third-order valence-electron chi connectivity index (χ3n) is 2.26. The summed E-state index contributed by atoms with van der Waals surface area (Å²) in [6.07, 6.45) is 7.99. The first kappa shape index (κ1) is 9.62. The maximum absolute atomic E-state index is 8.77. The molecule has 2 nitrogen and oxygen atoms in total. The van der Waals surface area contributed by atoms with Gasteiger partial charge in [-0.2, -0.15) is 0 Å². The Morgan fingerprint density at radius 3 is 3.00 bits per heavy atom. The van der Waals surface area contributed by atoms with Gasteiger partial charge in [0, 0.05) is 24.1 Å². The Balaban J connectivity index is 2.26. The van der Waals surface area contributed by atoms with Crippen LogP contribution in [0.2, 0.25) is 0 Å². The maximum atomic E-state index is 8.77. The number of hydrogen-bond donors (Lipinski definition) is 2. The number of aliphatic hydroxyl groups excluding tert-OH is 1. The first-order valence-corrected chi connectivity index (χ1v) is 5.66. The monoisotopic (exact) mass is 207 g/mol. The number of rotatable bonds is 3. The third kappa shape index (κ3) is 1.94. The quantitative estimate of drug-likeness (QED) is 0.799. The van der Waals surface area contributed by atoms with E-state index in [0.717, 1.165) is 12.8 Å². The van der Waals surface area contributed by atoms with Crippen molar-refractivity contribution in [3.8, 4) is 0 Å². The van der Waals surface area contributed by atoms with Gasteiger partial charge in [0.15, 0.2) is 0 Å². The van der Waals surface area contributed by atoms with Crippen molar-refractivity contribution in [3.63, 3.8) is 0 Å². The molecule has 0 fully saturated rings. The highest BCUT2D eigenvalue weighted by molar-refractivity contribution is 8.05. The lowest BCUT2D eigenvalue weighted by atomic mass is 10.1. The summed E-state index contributed by atoms with van der Waals surface area (Å²) < 4.78 is 0. The highest BCUT2D eigenvalue weighted by Gasteiger charge is 2.07. The molecule has 1 aliphatic heterocycles. The van der Waals surface area contributed by atoms with E-state index in [4.69, 9.17) is 5.11 Å². The van der Waals surface area contributed by atoms with Crippen LogP contribution in [0.15, 0.2) is 17.0 Å². The van der Waals surface area contributed by atoms with E-state index in [2.05, 4.69) is 28.0 Å². The number of aromatic nitrogens is 1. The number of aryl methyl sites for hydroxylation is 1. The summed E-state index contributed by atoms with van der Waals surface area (Å²) in [5.74, 6) is 0. The van der Waals surface area contributed by atoms with Crippen LogP contribution in [-0.4, -0.2) is 16.7 Å². The minimum atomic E-state index is 0.252. The highest BCUT2D eigenvalue weighted by Crippen LogP contribution is 2.24. The van der Waals surface area contributed by atoms with Crippen molar-refractivity contribution < 1.29 is 5.11 Å². The van der Waals surface area contributed by atoms with Gasteiger partial charge in [0.05, 0.1) is 0 Å². The molecule has 0 saturated carbocycles. The smallest absolute Gasteiger partial charge is 0.0434 e. The topological polar surface area (TPSA) is 36.0 Å². The van der Waals surface area contributed by atoms with Crippen LogP contribution in [0.1, 0.15) is 23.2 Å². The zero-order chi connectivity index (χ0) is 9.80. The van der Waals surface area contributed by atoms with E-state index in [-0.39, 0.29) is 6.61 Å². The van der Waals surface area contributed by atoms with Crippen molar-refractivity contribution in [1.82, 2.24) is 4.98 Å². The van der Waals surface area contributed by atoms with Gasteiger partial charge in [-0.15, -0.1) is 11.8 Å². The van der Waals surface area contributed by atoms with Gasteiger partial charge in [-0.25, -0.2) is 0 Å². The molecule has 14 heavy (non-hydrogen) atoms. The molecule has 0 amide bonds. The Hall–Kier alpha value is -0.930. The van der Waals surface area contributed by atoms with Crippen LogP contribution in [0.3, 0.4) is 0 Å². The van der Waals surface area contributed by atoms with Crippen LogP contribution in [0.5, 0.6) is 0 Å². The molecule has 2 heterocycles. The summed E-state index contributed by atoms with van der Waals surface area (Å²) in [4.78, 5) is 3.26. The number of thioether (sulfide) groups is 1. The Morgan fingerprint density at radius 1 is 1.29 bits per heavy atom. The predicted octanol–water partition coefficient (Wildman–Crippen LogP) is 2.63. The lowest BCUT2D eigenvalue weighted by Crippen LogP contribution is -1.91. The van der Waals surface area contributed by atoms with Crippen molar-refractivity contribution in [2.24, 2.45) is 0 Å². The van der Waals surface area contributed by atoms with E-state index < -0.39 is 0 Å². The zero-order valence-corrected chi connectivity index (χ0v) is 8.68. The molecule has 0 bridgehead atoms. The Labute approximate surface area is 87.7 Å². The Bertz CT molecular complexity index is 365. The fourth-order valence-corrected chi connectivity index (χ4v) is 2.09. The van der Waals surface area contributed by atoms with Crippen LogP contribution in [0.4, 0.5) is 0 Å². The second-order valence-corrected chi connectivity index (χ2v) is 4.02. The largest absolute Gasteiger partial charge is 0.396 e. The lowest BCUT2D eigenvalue weighted by molar-refractivity contribution is 0.288. The van der Waals surface area contributed by atoms with E-state index in [1.165, 1.54) is 16.8 Å². The van der Waals surface area contributed by atoms with Crippen LogP contribution in [-0.2, 0) is 6.42 Å². The molecule has 0 radical (unpaired) electrons. The second-order valence-electron chi connectivity index (χ2n) is 3.20. The fraction of sp³-hybridized carbons (Fsp3) is 0.273. The van der Waals surface area contributed by atoms with Gasteiger partial charge in [-0.3, -0.25) is 0 Å². The van der Waals surface area contributed by atoms with Gasteiger partial charge < -0.3 is 10.1 Å². The first-order valence-electron chi connectivity index (χ1n) is 4.71. The normalized spacial score (nSPS) is 14.1. The van der Waals surface area contributed by atoms with Gasteiger partial charge in [0.25, 0.3) is 0 Å². The molecule has 0 atom stereocenters. The van der Waals surface area contributed by atoms with Gasteiger partial charge in [0.1, 0.15) is 0 Å². The van der Waals surface area contributed by atoms with E-state index >= 15 is 0 Å². The van der Waals surface area contributed by atoms with Crippen LogP contribution in [0.25, 0.3) is 12.2 Å². The van der Waals surface area contributed by atoms with Crippen molar-refractivity contribution in [1.29, 1.82) is 0 Å². The minimum absolute atomic E-state index is 0.252. The summed E-state index contributed by atoms with van der Waals surface area (Å²) >= 11 is 1.69. The molecule has 1 aromatic rings. The summed E-state index contributed by atoms with van der Waals surface area (Å²) in [5.41, 5.74) is 3.72. The van der Waals surface area contributed by atoms with E-state index in [0.29, 0.717) is 0 Å². The first-order chi connectivity index (χ1) is 6.92. The van der Waals surface area contributed by atoms with Crippen molar-refractivity contribution in [3.05, 3.63) is 33.8 Å². The zero-order valence-electron chi connectivity index (χ0n) is 7.86. The predicted molar refractivity (Wildman–Crippen MR) is 61.9 cm³/mol. The molecule has 74 valence electrons. The Morgan fingerprint density at radius 2 is 2.14 bits per heavy atom. The molecular weight excluding hydrogens is 194 g/mol. The number of fused-ring (bicyclic) bond motifs is 1. The molecule has 0 spiro atoms. The highest BCUT2D eigenvalue weighted by atomic mass is 32.2. The van der Waals surface area contributed by atoms with Gasteiger partial charge in [0.2, 0.25) is 0 Å². The lowest BCUT2D eigenvalue weighted by Gasteiger charge is -1.98. The van der Waals surface area contributed by atoms with Crippen molar-refractivity contribution in [2.75, 3.05) is 6.61 Å². The molecule has 2 rings (SSSR count). The van der Waals surface area contributed by atoms with E-state index in [9.17, 15) is 0 Å². The van der Waals surface area contributed by atoms with Crippen LogP contribution >= 0.6 is 11.8 Å². The number of H-pyrrole nitrogens is 1. The van der Waals surface area contributed by atoms with Gasteiger partial charge >= 0.3 is 0 Å². The Kier molecular flexibility index (Phi) is 3.11. The standard InChI is InChI=1S/C11H13NOS/c13-5-1-2-11-10-4-7-14-6-3-9(10)8-12-11/h3-4,6-8,12-13H,1-2,5H2. The third-order valence-corrected chi connectivity index (χ3v) is 2.85. The van der Waals surface area contributed by atoms with E-state index in [1.807, 2.05) is 6.20 Å². The maximum Gasteiger partial charge on any atom is 0.0434 e. The van der Waals surface area contributed by atoms with Crippen molar-refractivity contribution in [2.45, 2.75) is 12.8 Å². The molecular formula is C11H13NOS. The number of hydrogen-bond acceptors (Lipinski definition) is 2. The van der Waals surface area contributed by atoms with Gasteiger partial charge in [-0.1, -0.05) is 0 Å².